The highest BCUT2D eigenvalue weighted by atomic mass is 35.5. The lowest BCUT2D eigenvalue weighted by atomic mass is 10.2. The number of aromatic nitrogens is 2. The second kappa shape index (κ2) is 6.30. The van der Waals surface area contributed by atoms with Crippen LogP contribution in [0, 0.1) is 5.82 Å². The van der Waals surface area contributed by atoms with Crippen LogP contribution in [0.1, 0.15) is 11.5 Å². The third-order valence-electron chi connectivity index (χ3n) is 2.90. The Morgan fingerprint density at radius 3 is 2.41 bits per heavy atom. The van der Waals surface area contributed by atoms with Crippen LogP contribution in [-0.2, 0) is 0 Å². The lowest BCUT2D eigenvalue weighted by molar-refractivity contribution is 0.410. The predicted molar refractivity (Wildman–Crippen MR) is 84.9 cm³/mol. The Morgan fingerprint density at radius 1 is 1.05 bits per heavy atom. The van der Waals surface area contributed by atoms with Crippen molar-refractivity contribution in [2.75, 3.05) is 0 Å². The van der Waals surface area contributed by atoms with Crippen molar-refractivity contribution in [3.8, 4) is 11.4 Å². The van der Waals surface area contributed by atoms with Crippen LogP contribution < -0.4 is 0 Å². The average Bonchev–Trinajstić information content (AvgIpc) is 3.00. The summed E-state index contributed by atoms with van der Waals surface area (Å²) in [7, 11) is 0. The molecule has 0 aliphatic rings. The number of hydrogen-bond acceptors (Lipinski definition) is 3. The second-order valence-electron chi connectivity index (χ2n) is 4.47. The molecular weight excluding hydrogens is 326 g/mol. The second-order valence-corrected chi connectivity index (χ2v) is 5.32. The van der Waals surface area contributed by atoms with E-state index in [2.05, 4.69) is 10.1 Å². The molecule has 0 saturated heterocycles. The molecule has 22 heavy (non-hydrogen) atoms. The summed E-state index contributed by atoms with van der Waals surface area (Å²) < 4.78 is 18.0. The fourth-order valence-electron chi connectivity index (χ4n) is 1.80. The van der Waals surface area contributed by atoms with Crippen LogP contribution >= 0.6 is 23.2 Å². The first-order valence-electron chi connectivity index (χ1n) is 6.34. The zero-order valence-electron chi connectivity index (χ0n) is 11.1. The Hall–Kier alpha value is -2.17. The van der Waals surface area contributed by atoms with E-state index in [1.165, 1.54) is 12.1 Å². The molecule has 0 aliphatic heterocycles. The van der Waals surface area contributed by atoms with Gasteiger partial charge in [0.1, 0.15) is 10.8 Å². The van der Waals surface area contributed by atoms with E-state index in [9.17, 15) is 4.39 Å². The maximum Gasteiger partial charge on any atom is 0.269 e. The van der Waals surface area contributed by atoms with Gasteiger partial charge >= 0.3 is 0 Å². The molecule has 3 nitrogen and oxygen atoms in total. The van der Waals surface area contributed by atoms with Gasteiger partial charge in [-0.15, -0.1) is 0 Å². The Balaban J connectivity index is 1.86. The van der Waals surface area contributed by atoms with Gasteiger partial charge in [0.15, 0.2) is 0 Å². The summed E-state index contributed by atoms with van der Waals surface area (Å²) in [6, 6.07) is 13.0. The summed E-state index contributed by atoms with van der Waals surface area (Å²) in [6.07, 6.45) is 1.69. The highest BCUT2D eigenvalue weighted by molar-refractivity contribution is 6.50. The van der Waals surface area contributed by atoms with Gasteiger partial charge in [0.05, 0.1) is 0 Å². The molecular formula is C16H9Cl2FN2O. The third kappa shape index (κ3) is 3.35. The summed E-state index contributed by atoms with van der Waals surface area (Å²) >= 11 is 12.0. The molecule has 0 spiro atoms. The number of nitrogens with zero attached hydrogens (tertiary/aromatic N) is 2. The largest absolute Gasteiger partial charge is 0.333 e. The average molecular weight is 335 g/mol. The minimum absolute atomic E-state index is 0.191. The van der Waals surface area contributed by atoms with Gasteiger partial charge in [-0.1, -0.05) is 40.5 Å². The summed E-state index contributed by atoms with van der Waals surface area (Å²) in [5.41, 5.74) is 1.50. The predicted octanol–water partition coefficient (Wildman–Crippen LogP) is 5.27. The van der Waals surface area contributed by atoms with E-state index in [-0.39, 0.29) is 11.7 Å². The van der Waals surface area contributed by atoms with Gasteiger partial charge in [-0.25, -0.2) is 4.39 Å². The Kier molecular flexibility index (Phi) is 4.22. The Bertz CT molecular complexity index is 811. The lowest BCUT2D eigenvalue weighted by Crippen LogP contribution is -1.82. The van der Waals surface area contributed by atoms with Crippen molar-refractivity contribution in [3.63, 3.8) is 0 Å². The van der Waals surface area contributed by atoms with Gasteiger partial charge in [-0.3, -0.25) is 0 Å². The van der Waals surface area contributed by atoms with Crippen molar-refractivity contribution in [1.82, 2.24) is 10.1 Å². The molecule has 6 heteroatoms. The summed E-state index contributed by atoms with van der Waals surface area (Å²) in [5.74, 6) is 0.210. The van der Waals surface area contributed by atoms with E-state index in [0.29, 0.717) is 21.4 Å². The molecule has 3 aromatic rings. The minimum atomic E-state index is -0.326. The normalized spacial score (nSPS) is 11.7. The van der Waals surface area contributed by atoms with Gasteiger partial charge in [0.2, 0.25) is 5.82 Å². The summed E-state index contributed by atoms with van der Waals surface area (Å²) in [5, 5.41) is 4.79. The van der Waals surface area contributed by atoms with Gasteiger partial charge < -0.3 is 4.52 Å². The lowest BCUT2D eigenvalue weighted by Gasteiger charge is -1.95. The third-order valence-corrected chi connectivity index (χ3v) is 3.42. The van der Waals surface area contributed by atoms with Gasteiger partial charge in [-0.05, 0) is 48.0 Å². The maximum absolute atomic E-state index is 12.9. The van der Waals surface area contributed by atoms with Crippen LogP contribution in [0.5, 0.6) is 0 Å². The molecule has 0 unspecified atom stereocenters. The fraction of sp³-hybridized carbons (Fsp3) is 0. The first-order valence-corrected chi connectivity index (χ1v) is 7.10. The zero-order valence-corrected chi connectivity index (χ0v) is 12.6. The van der Waals surface area contributed by atoms with Crippen LogP contribution in [0.3, 0.4) is 0 Å². The number of halogens is 3. The standard InChI is InChI=1S/C16H9Cl2FN2O/c17-12-5-1-10(2-6-12)9-14(18)16-20-15(21-22-16)11-3-7-13(19)8-4-11/h1-9H/b14-9-. The fourth-order valence-corrected chi connectivity index (χ4v) is 2.13. The molecule has 1 heterocycles. The van der Waals surface area contributed by atoms with Crippen LogP contribution in [0.4, 0.5) is 4.39 Å². The van der Waals surface area contributed by atoms with Gasteiger partial charge in [0.25, 0.3) is 5.89 Å². The van der Waals surface area contributed by atoms with Crippen molar-refractivity contribution < 1.29 is 8.91 Å². The molecule has 1 aromatic heterocycles. The van der Waals surface area contributed by atoms with Crippen LogP contribution in [0.25, 0.3) is 22.5 Å². The van der Waals surface area contributed by atoms with Gasteiger partial charge in [-0.2, -0.15) is 4.98 Å². The van der Waals surface area contributed by atoms with Crippen molar-refractivity contribution in [2.45, 2.75) is 0 Å². The molecule has 3 rings (SSSR count). The van der Waals surface area contributed by atoms with Crippen LogP contribution in [-0.4, -0.2) is 10.1 Å². The zero-order chi connectivity index (χ0) is 15.5. The van der Waals surface area contributed by atoms with E-state index in [1.807, 2.05) is 12.1 Å². The molecule has 2 aromatic carbocycles. The van der Waals surface area contributed by atoms with Crippen molar-refractivity contribution in [1.29, 1.82) is 0 Å². The molecule has 0 atom stereocenters. The van der Waals surface area contributed by atoms with Gasteiger partial charge in [0, 0.05) is 10.6 Å². The molecule has 0 fully saturated rings. The maximum atomic E-state index is 12.9. The van der Waals surface area contributed by atoms with Crippen molar-refractivity contribution in [2.24, 2.45) is 0 Å². The van der Waals surface area contributed by atoms with E-state index >= 15 is 0 Å². The first kappa shape index (κ1) is 14.8. The van der Waals surface area contributed by atoms with E-state index < -0.39 is 0 Å². The van der Waals surface area contributed by atoms with Crippen molar-refractivity contribution in [3.05, 3.63) is 70.8 Å². The molecule has 0 aliphatic carbocycles. The molecule has 0 N–H and O–H groups in total. The smallest absolute Gasteiger partial charge is 0.269 e. The topological polar surface area (TPSA) is 38.9 Å². The number of hydrogen-bond donors (Lipinski definition) is 0. The number of rotatable bonds is 3. The van der Waals surface area contributed by atoms with Crippen LogP contribution in [0.15, 0.2) is 53.1 Å². The summed E-state index contributed by atoms with van der Waals surface area (Å²) in [6.45, 7) is 0. The summed E-state index contributed by atoms with van der Waals surface area (Å²) in [4.78, 5) is 4.20. The molecule has 0 saturated carbocycles. The van der Waals surface area contributed by atoms with Crippen molar-refractivity contribution >= 4 is 34.3 Å². The quantitative estimate of drug-likeness (QED) is 0.655. The monoisotopic (exact) mass is 334 g/mol. The molecule has 0 radical (unpaired) electrons. The number of benzene rings is 2. The SMILES string of the molecule is Fc1ccc(-c2noc(/C(Cl)=C/c3ccc(Cl)cc3)n2)cc1. The Morgan fingerprint density at radius 2 is 1.73 bits per heavy atom. The molecule has 0 bridgehead atoms. The van der Waals surface area contributed by atoms with E-state index in [1.54, 1.807) is 30.3 Å². The molecule has 110 valence electrons. The minimum Gasteiger partial charge on any atom is -0.333 e. The van der Waals surface area contributed by atoms with Crippen LogP contribution in [0.2, 0.25) is 5.02 Å². The Labute approximate surface area is 136 Å². The first-order chi connectivity index (χ1) is 10.6. The van der Waals surface area contributed by atoms with E-state index in [4.69, 9.17) is 27.7 Å². The molecule has 0 amide bonds. The van der Waals surface area contributed by atoms with E-state index in [0.717, 1.165) is 5.56 Å². The highest BCUT2D eigenvalue weighted by Crippen LogP contribution is 2.24. The highest BCUT2D eigenvalue weighted by Gasteiger charge is 2.11.